The number of ether oxygens (including phenoxy) is 1. The van der Waals surface area contributed by atoms with Gasteiger partial charge in [0.15, 0.2) is 0 Å². The van der Waals surface area contributed by atoms with Gasteiger partial charge in [0.1, 0.15) is 11.6 Å². The van der Waals surface area contributed by atoms with Crippen LogP contribution in [0.1, 0.15) is 5.56 Å². The fourth-order valence-corrected chi connectivity index (χ4v) is 2.48. The maximum atomic E-state index is 5.26. The average molecular weight is 343 g/mol. The number of hydrogen-bond acceptors (Lipinski definition) is 3. The van der Waals surface area contributed by atoms with Gasteiger partial charge in [-0.25, -0.2) is 4.98 Å². The molecule has 0 amide bonds. The number of halogens is 1. The van der Waals surface area contributed by atoms with Gasteiger partial charge in [-0.05, 0) is 47.3 Å². The molecule has 106 valence electrons. The van der Waals surface area contributed by atoms with Gasteiger partial charge in [-0.3, -0.25) is 0 Å². The van der Waals surface area contributed by atoms with E-state index in [9.17, 15) is 0 Å². The third kappa shape index (κ3) is 3.16. The summed E-state index contributed by atoms with van der Waals surface area (Å²) < 4.78 is 6.34. The first-order chi connectivity index (χ1) is 10.3. The van der Waals surface area contributed by atoms with E-state index in [1.54, 1.807) is 7.11 Å². The predicted molar refractivity (Wildman–Crippen MR) is 89.8 cm³/mol. The first-order valence-corrected chi connectivity index (χ1v) is 7.46. The molecule has 3 aromatic rings. The van der Waals surface area contributed by atoms with Crippen molar-refractivity contribution in [2.75, 3.05) is 12.4 Å². The summed E-state index contributed by atoms with van der Waals surface area (Å²) in [6.07, 6.45) is 1.81. The summed E-state index contributed by atoms with van der Waals surface area (Å²) in [6.45, 7) is 0.741. The molecule has 1 N–H and O–H groups in total. The summed E-state index contributed by atoms with van der Waals surface area (Å²) in [5.74, 6) is 1.74. The fraction of sp³-hybridized carbons (Fsp3) is 0.118. The van der Waals surface area contributed by atoms with Crippen molar-refractivity contribution in [1.29, 1.82) is 0 Å². The molecule has 0 spiro atoms. The van der Waals surface area contributed by atoms with Gasteiger partial charge in [0.25, 0.3) is 0 Å². The van der Waals surface area contributed by atoms with Gasteiger partial charge in [0.05, 0.1) is 7.11 Å². The highest BCUT2D eigenvalue weighted by molar-refractivity contribution is 9.10. The molecule has 0 saturated heterocycles. The van der Waals surface area contributed by atoms with Gasteiger partial charge in [0.2, 0.25) is 0 Å². The van der Waals surface area contributed by atoms with Crippen molar-refractivity contribution in [1.82, 2.24) is 4.98 Å². The number of pyridine rings is 1. The van der Waals surface area contributed by atoms with Crippen LogP contribution in [0.4, 0.5) is 5.82 Å². The number of nitrogens with one attached hydrogen (secondary N) is 1. The van der Waals surface area contributed by atoms with Crippen LogP contribution in [0.3, 0.4) is 0 Å². The highest BCUT2D eigenvalue weighted by Gasteiger charge is 2.03. The zero-order valence-electron chi connectivity index (χ0n) is 11.6. The lowest BCUT2D eigenvalue weighted by molar-refractivity contribution is 0.415. The molecule has 0 aliphatic rings. The molecule has 0 aliphatic carbocycles. The van der Waals surface area contributed by atoms with Crippen molar-refractivity contribution in [2.24, 2.45) is 0 Å². The molecule has 4 heteroatoms. The van der Waals surface area contributed by atoms with E-state index in [1.807, 2.05) is 42.6 Å². The minimum atomic E-state index is 0.741. The predicted octanol–water partition coefficient (Wildman–Crippen LogP) is 4.62. The number of rotatable bonds is 4. The Morgan fingerprint density at radius 1 is 1.10 bits per heavy atom. The monoisotopic (exact) mass is 342 g/mol. The second kappa shape index (κ2) is 6.14. The molecule has 0 radical (unpaired) electrons. The smallest absolute Gasteiger partial charge is 0.134 e. The lowest BCUT2D eigenvalue weighted by Gasteiger charge is -2.10. The molecule has 1 heterocycles. The van der Waals surface area contributed by atoms with Crippen LogP contribution in [0, 0.1) is 0 Å². The maximum absolute atomic E-state index is 5.26. The van der Waals surface area contributed by atoms with Crippen LogP contribution in [0.2, 0.25) is 0 Å². The standard InChI is InChI=1S/C17H15BrN2O/c1-21-15-6-7-16-13(10-15)8-9-19-17(16)20-11-12-2-4-14(18)5-3-12/h2-10H,11H2,1H3,(H,19,20). The molecule has 0 fully saturated rings. The van der Waals surface area contributed by atoms with Crippen LogP contribution in [-0.4, -0.2) is 12.1 Å². The lowest BCUT2D eigenvalue weighted by Crippen LogP contribution is -2.01. The number of methoxy groups -OCH3 is 1. The minimum absolute atomic E-state index is 0.741. The van der Waals surface area contributed by atoms with E-state index in [-0.39, 0.29) is 0 Å². The number of fused-ring (bicyclic) bond motifs is 1. The van der Waals surface area contributed by atoms with Gasteiger partial charge in [-0.15, -0.1) is 0 Å². The molecule has 3 nitrogen and oxygen atoms in total. The van der Waals surface area contributed by atoms with Crippen LogP contribution in [0.5, 0.6) is 5.75 Å². The molecular weight excluding hydrogens is 328 g/mol. The van der Waals surface area contributed by atoms with Gasteiger partial charge in [-0.2, -0.15) is 0 Å². The Kier molecular flexibility index (Phi) is 4.06. The number of hydrogen-bond donors (Lipinski definition) is 1. The Hall–Kier alpha value is -2.07. The summed E-state index contributed by atoms with van der Waals surface area (Å²) in [6, 6.07) is 16.2. The third-order valence-electron chi connectivity index (χ3n) is 3.34. The normalized spacial score (nSPS) is 10.6. The molecule has 0 saturated carbocycles. The van der Waals surface area contributed by atoms with E-state index >= 15 is 0 Å². The van der Waals surface area contributed by atoms with E-state index < -0.39 is 0 Å². The van der Waals surface area contributed by atoms with E-state index in [2.05, 4.69) is 38.4 Å². The fourth-order valence-electron chi connectivity index (χ4n) is 2.21. The van der Waals surface area contributed by atoms with Crippen LogP contribution >= 0.6 is 15.9 Å². The molecule has 0 bridgehead atoms. The molecule has 0 atom stereocenters. The number of anilines is 1. The van der Waals surface area contributed by atoms with Crippen molar-refractivity contribution >= 4 is 32.5 Å². The van der Waals surface area contributed by atoms with E-state index in [0.717, 1.165) is 33.4 Å². The Balaban J connectivity index is 1.85. The maximum Gasteiger partial charge on any atom is 0.134 e. The molecule has 0 unspecified atom stereocenters. The zero-order valence-corrected chi connectivity index (χ0v) is 13.2. The van der Waals surface area contributed by atoms with Crippen molar-refractivity contribution < 1.29 is 4.74 Å². The van der Waals surface area contributed by atoms with E-state index in [0.29, 0.717) is 0 Å². The van der Waals surface area contributed by atoms with Crippen molar-refractivity contribution in [2.45, 2.75) is 6.54 Å². The van der Waals surface area contributed by atoms with Crippen molar-refractivity contribution in [3.05, 3.63) is 64.8 Å². The average Bonchev–Trinajstić information content (AvgIpc) is 2.53. The molecule has 2 aromatic carbocycles. The molecule has 0 aliphatic heterocycles. The van der Waals surface area contributed by atoms with Crippen molar-refractivity contribution in [3.63, 3.8) is 0 Å². The van der Waals surface area contributed by atoms with E-state index in [1.165, 1.54) is 5.56 Å². The summed E-state index contributed by atoms with van der Waals surface area (Å²) in [5, 5.41) is 5.60. The number of benzene rings is 2. The highest BCUT2D eigenvalue weighted by atomic mass is 79.9. The van der Waals surface area contributed by atoms with E-state index in [4.69, 9.17) is 4.74 Å². The summed E-state index contributed by atoms with van der Waals surface area (Å²) in [7, 11) is 1.68. The van der Waals surface area contributed by atoms with Crippen LogP contribution in [0.15, 0.2) is 59.2 Å². The Labute approximate surface area is 132 Å². The van der Waals surface area contributed by atoms with Crippen molar-refractivity contribution in [3.8, 4) is 5.75 Å². The zero-order chi connectivity index (χ0) is 14.7. The Bertz CT molecular complexity index is 756. The van der Waals surface area contributed by atoms with Crippen LogP contribution < -0.4 is 10.1 Å². The topological polar surface area (TPSA) is 34.1 Å². The number of nitrogens with zero attached hydrogens (tertiary/aromatic N) is 1. The molecule has 3 rings (SSSR count). The largest absolute Gasteiger partial charge is 0.497 e. The molecule has 21 heavy (non-hydrogen) atoms. The SMILES string of the molecule is COc1ccc2c(NCc3ccc(Br)cc3)nccc2c1. The Morgan fingerprint density at radius 2 is 1.90 bits per heavy atom. The quantitative estimate of drug-likeness (QED) is 0.751. The number of aromatic nitrogens is 1. The van der Waals surface area contributed by atoms with Gasteiger partial charge in [-0.1, -0.05) is 28.1 Å². The Morgan fingerprint density at radius 3 is 2.67 bits per heavy atom. The molecule has 1 aromatic heterocycles. The minimum Gasteiger partial charge on any atom is -0.497 e. The van der Waals surface area contributed by atoms with Crippen LogP contribution in [0.25, 0.3) is 10.8 Å². The second-order valence-electron chi connectivity index (χ2n) is 4.73. The lowest BCUT2D eigenvalue weighted by atomic mass is 10.1. The van der Waals surface area contributed by atoms with Crippen LogP contribution in [-0.2, 0) is 6.54 Å². The highest BCUT2D eigenvalue weighted by Crippen LogP contribution is 2.25. The summed E-state index contributed by atoms with van der Waals surface area (Å²) >= 11 is 3.44. The summed E-state index contributed by atoms with van der Waals surface area (Å²) in [5.41, 5.74) is 1.21. The molecular formula is C17H15BrN2O. The van der Waals surface area contributed by atoms with Gasteiger partial charge in [0, 0.05) is 22.6 Å². The van der Waals surface area contributed by atoms with Gasteiger partial charge >= 0.3 is 0 Å². The van der Waals surface area contributed by atoms with Gasteiger partial charge < -0.3 is 10.1 Å². The first-order valence-electron chi connectivity index (χ1n) is 6.67. The first kappa shape index (κ1) is 13.9. The second-order valence-corrected chi connectivity index (χ2v) is 5.64. The third-order valence-corrected chi connectivity index (χ3v) is 3.87. The summed E-state index contributed by atoms with van der Waals surface area (Å²) in [4.78, 5) is 4.43.